The minimum absolute atomic E-state index is 0.212. The van der Waals surface area contributed by atoms with Crippen LogP contribution in [0.5, 0.6) is 0 Å². The van der Waals surface area contributed by atoms with Crippen molar-refractivity contribution in [1.82, 2.24) is 4.98 Å². The van der Waals surface area contributed by atoms with E-state index in [1.165, 1.54) is 18.4 Å². The normalized spacial score (nSPS) is 10.4. The molecule has 5 nitrogen and oxygen atoms in total. The first-order valence-corrected chi connectivity index (χ1v) is 8.89. The minimum Gasteiger partial charge on any atom is -0.465 e. The van der Waals surface area contributed by atoms with E-state index in [0.717, 1.165) is 10.4 Å². The average Bonchev–Trinajstić information content (AvgIpc) is 3.13. The molecule has 26 heavy (non-hydrogen) atoms. The lowest BCUT2D eigenvalue weighted by atomic mass is 10.1. The van der Waals surface area contributed by atoms with E-state index in [4.69, 9.17) is 16.3 Å². The number of benzene rings is 1. The van der Waals surface area contributed by atoms with Crippen LogP contribution in [0.2, 0.25) is 5.02 Å². The number of ether oxygens (including phenoxy) is 1. The maximum atomic E-state index is 12.5. The summed E-state index contributed by atoms with van der Waals surface area (Å²) in [4.78, 5) is 29.5. The predicted molar refractivity (Wildman–Crippen MR) is 103 cm³/mol. The summed E-state index contributed by atoms with van der Waals surface area (Å²) in [6.07, 6.45) is 3.31. The van der Waals surface area contributed by atoms with Gasteiger partial charge in [0.2, 0.25) is 0 Å². The molecule has 132 valence electrons. The monoisotopic (exact) mass is 386 g/mol. The number of anilines is 1. The van der Waals surface area contributed by atoms with Crippen LogP contribution in [0.15, 0.2) is 48.8 Å². The third-order valence-electron chi connectivity index (χ3n) is 3.75. The van der Waals surface area contributed by atoms with Crippen LogP contribution in [0.4, 0.5) is 5.69 Å². The molecule has 0 spiro atoms. The standard InChI is InChI=1S/C19H15ClN2O3S/c1-11-10-21-8-7-15(11)22-18(23)17-6-5-16(26-17)13-9-12(19(24)25-2)3-4-14(13)20/h3-10H,1-2H3,(H,21,22,23). The minimum atomic E-state index is -0.439. The topological polar surface area (TPSA) is 68.3 Å². The van der Waals surface area contributed by atoms with Crippen LogP contribution in [0.1, 0.15) is 25.6 Å². The number of thiophene rings is 1. The number of aryl methyl sites for hydroxylation is 1. The van der Waals surface area contributed by atoms with Crippen LogP contribution in [0.25, 0.3) is 10.4 Å². The summed E-state index contributed by atoms with van der Waals surface area (Å²) < 4.78 is 4.74. The Labute approximate surface area is 159 Å². The second-order valence-corrected chi connectivity index (χ2v) is 6.99. The molecule has 0 atom stereocenters. The molecule has 2 aromatic heterocycles. The second-order valence-electron chi connectivity index (χ2n) is 5.49. The number of hydrogen-bond acceptors (Lipinski definition) is 5. The molecule has 2 heterocycles. The van der Waals surface area contributed by atoms with Crippen LogP contribution in [0.3, 0.4) is 0 Å². The SMILES string of the molecule is COC(=O)c1ccc(Cl)c(-c2ccc(C(=O)Nc3ccncc3C)s2)c1. The number of carbonyl (C=O) groups excluding carboxylic acids is 2. The summed E-state index contributed by atoms with van der Waals surface area (Å²) in [6.45, 7) is 1.88. The van der Waals surface area contributed by atoms with Crippen LogP contribution in [0, 0.1) is 6.92 Å². The maximum Gasteiger partial charge on any atom is 0.337 e. The van der Waals surface area contributed by atoms with Gasteiger partial charge >= 0.3 is 5.97 Å². The van der Waals surface area contributed by atoms with E-state index in [2.05, 4.69) is 10.3 Å². The fourth-order valence-corrected chi connectivity index (χ4v) is 3.57. The van der Waals surface area contributed by atoms with Crippen molar-refractivity contribution in [3.8, 4) is 10.4 Å². The third-order valence-corrected chi connectivity index (χ3v) is 5.20. The van der Waals surface area contributed by atoms with Gasteiger partial charge in [0.1, 0.15) is 0 Å². The quantitative estimate of drug-likeness (QED) is 0.653. The van der Waals surface area contributed by atoms with E-state index < -0.39 is 5.97 Å². The van der Waals surface area contributed by atoms with Gasteiger partial charge in [0.05, 0.1) is 17.6 Å². The van der Waals surface area contributed by atoms with Crippen molar-refractivity contribution in [2.75, 3.05) is 12.4 Å². The number of rotatable bonds is 4. The molecule has 0 saturated carbocycles. The summed E-state index contributed by atoms with van der Waals surface area (Å²) in [7, 11) is 1.32. The number of carbonyl (C=O) groups is 2. The second kappa shape index (κ2) is 7.68. The van der Waals surface area contributed by atoms with Gasteiger partial charge in [0.15, 0.2) is 0 Å². The summed E-state index contributed by atoms with van der Waals surface area (Å²) in [6, 6.07) is 10.2. The number of pyridine rings is 1. The van der Waals surface area contributed by atoms with Crippen LogP contribution < -0.4 is 5.32 Å². The molecule has 1 aromatic carbocycles. The highest BCUT2D eigenvalue weighted by molar-refractivity contribution is 7.17. The molecule has 0 radical (unpaired) electrons. The summed E-state index contributed by atoms with van der Waals surface area (Å²) in [5, 5.41) is 3.37. The van der Waals surface area contributed by atoms with Crippen LogP contribution >= 0.6 is 22.9 Å². The molecule has 0 unspecified atom stereocenters. The molecular weight excluding hydrogens is 372 g/mol. The smallest absolute Gasteiger partial charge is 0.337 e. The van der Waals surface area contributed by atoms with Crippen molar-refractivity contribution >= 4 is 40.5 Å². The summed E-state index contributed by atoms with van der Waals surface area (Å²) in [5.74, 6) is -0.651. The lowest BCUT2D eigenvalue weighted by Gasteiger charge is -2.06. The van der Waals surface area contributed by atoms with E-state index in [0.29, 0.717) is 26.7 Å². The van der Waals surface area contributed by atoms with Crippen LogP contribution in [-0.4, -0.2) is 24.0 Å². The zero-order chi connectivity index (χ0) is 18.7. The van der Waals surface area contributed by atoms with E-state index in [-0.39, 0.29) is 5.91 Å². The Morgan fingerprint density at radius 2 is 2.00 bits per heavy atom. The summed E-state index contributed by atoms with van der Waals surface area (Å²) in [5.41, 5.74) is 2.68. The van der Waals surface area contributed by atoms with Crippen molar-refractivity contribution < 1.29 is 14.3 Å². The van der Waals surface area contributed by atoms with Gasteiger partial charge in [-0.3, -0.25) is 9.78 Å². The number of halogens is 1. The average molecular weight is 387 g/mol. The number of hydrogen-bond donors (Lipinski definition) is 1. The zero-order valence-electron chi connectivity index (χ0n) is 14.1. The van der Waals surface area contributed by atoms with Crippen molar-refractivity contribution in [2.45, 2.75) is 6.92 Å². The van der Waals surface area contributed by atoms with Gasteiger partial charge in [-0.2, -0.15) is 0 Å². The molecule has 3 rings (SSSR count). The van der Waals surface area contributed by atoms with Gasteiger partial charge in [-0.05, 0) is 48.9 Å². The Balaban J connectivity index is 1.87. The highest BCUT2D eigenvalue weighted by Gasteiger charge is 2.15. The Bertz CT molecular complexity index is 984. The number of methoxy groups -OCH3 is 1. The first-order chi connectivity index (χ1) is 12.5. The molecule has 1 N–H and O–H groups in total. The van der Waals surface area contributed by atoms with Crippen LogP contribution in [-0.2, 0) is 4.74 Å². The Kier molecular flexibility index (Phi) is 5.35. The zero-order valence-corrected chi connectivity index (χ0v) is 15.6. The Morgan fingerprint density at radius 3 is 2.73 bits per heavy atom. The fourth-order valence-electron chi connectivity index (χ4n) is 2.36. The third kappa shape index (κ3) is 3.76. The number of esters is 1. The van der Waals surface area contributed by atoms with Gasteiger partial charge in [-0.25, -0.2) is 4.79 Å². The molecule has 1 amide bonds. The first kappa shape index (κ1) is 18.1. The predicted octanol–water partition coefficient (Wildman–Crippen LogP) is 4.81. The Hall–Kier alpha value is -2.70. The molecule has 0 aliphatic rings. The van der Waals surface area contributed by atoms with Gasteiger partial charge in [0.25, 0.3) is 5.91 Å². The van der Waals surface area contributed by atoms with E-state index in [1.54, 1.807) is 48.8 Å². The molecule has 3 aromatic rings. The largest absolute Gasteiger partial charge is 0.465 e. The molecular formula is C19H15ClN2O3S. The lowest BCUT2D eigenvalue weighted by molar-refractivity contribution is 0.0600. The first-order valence-electron chi connectivity index (χ1n) is 7.69. The van der Waals surface area contributed by atoms with E-state index in [1.807, 2.05) is 6.92 Å². The molecule has 0 fully saturated rings. The fraction of sp³-hybridized carbons (Fsp3) is 0.105. The van der Waals surface area contributed by atoms with Crippen molar-refractivity contribution in [3.63, 3.8) is 0 Å². The number of nitrogens with zero attached hydrogens (tertiary/aromatic N) is 1. The van der Waals surface area contributed by atoms with Crippen molar-refractivity contribution in [1.29, 1.82) is 0 Å². The number of aromatic nitrogens is 1. The number of nitrogens with one attached hydrogen (secondary N) is 1. The van der Waals surface area contributed by atoms with Gasteiger partial charge in [-0.1, -0.05) is 11.6 Å². The van der Waals surface area contributed by atoms with Gasteiger partial charge in [-0.15, -0.1) is 11.3 Å². The van der Waals surface area contributed by atoms with Gasteiger partial charge in [0, 0.05) is 33.5 Å². The molecule has 0 bridgehead atoms. The van der Waals surface area contributed by atoms with Crippen molar-refractivity contribution in [3.05, 3.63) is 69.8 Å². The van der Waals surface area contributed by atoms with Crippen molar-refractivity contribution in [2.24, 2.45) is 0 Å². The highest BCUT2D eigenvalue weighted by Crippen LogP contribution is 2.34. The maximum absolute atomic E-state index is 12.5. The molecule has 0 saturated heterocycles. The Morgan fingerprint density at radius 1 is 1.19 bits per heavy atom. The summed E-state index contributed by atoms with van der Waals surface area (Å²) >= 11 is 7.56. The number of amides is 1. The van der Waals surface area contributed by atoms with E-state index in [9.17, 15) is 9.59 Å². The lowest BCUT2D eigenvalue weighted by Crippen LogP contribution is -2.11. The highest BCUT2D eigenvalue weighted by atomic mass is 35.5. The van der Waals surface area contributed by atoms with E-state index >= 15 is 0 Å². The van der Waals surface area contributed by atoms with Gasteiger partial charge < -0.3 is 10.1 Å². The molecule has 0 aliphatic heterocycles. The molecule has 0 aliphatic carbocycles. The molecule has 7 heteroatoms.